The van der Waals surface area contributed by atoms with E-state index in [1.807, 2.05) is 20.8 Å². The predicted octanol–water partition coefficient (Wildman–Crippen LogP) is 2.21. The molecule has 0 aromatic carbocycles. The lowest BCUT2D eigenvalue weighted by molar-refractivity contribution is 0.257. The van der Waals surface area contributed by atoms with Crippen molar-refractivity contribution in [1.29, 1.82) is 0 Å². The highest BCUT2D eigenvalue weighted by molar-refractivity contribution is 7.89. The van der Waals surface area contributed by atoms with Crippen LogP contribution in [-0.2, 0) is 10.0 Å². The van der Waals surface area contributed by atoms with Crippen molar-refractivity contribution >= 4 is 10.0 Å². The molecule has 0 saturated heterocycles. The van der Waals surface area contributed by atoms with Crippen LogP contribution in [0.3, 0.4) is 0 Å². The summed E-state index contributed by atoms with van der Waals surface area (Å²) in [6.07, 6.45) is 2.43. The van der Waals surface area contributed by atoms with Crippen LogP contribution in [0.5, 0.6) is 0 Å². The zero-order chi connectivity index (χ0) is 14.4. The third-order valence-electron chi connectivity index (χ3n) is 3.52. The lowest BCUT2D eigenvalue weighted by Crippen LogP contribution is -2.45. The smallest absolute Gasteiger partial charge is 0.214 e. The molecule has 110 valence electrons. The summed E-state index contributed by atoms with van der Waals surface area (Å²) in [6, 6.07) is 0.461. The van der Waals surface area contributed by atoms with Crippen LogP contribution in [0, 0.1) is 0 Å². The summed E-state index contributed by atoms with van der Waals surface area (Å²) >= 11 is 0. The van der Waals surface area contributed by atoms with Crippen LogP contribution < -0.4 is 5.32 Å². The van der Waals surface area contributed by atoms with Crippen molar-refractivity contribution in [2.24, 2.45) is 0 Å². The predicted molar refractivity (Wildman–Crippen MR) is 78.3 cm³/mol. The Balaban J connectivity index is 4.16. The summed E-state index contributed by atoms with van der Waals surface area (Å²) in [5.74, 6) is 0.243. The molecule has 1 N–H and O–H groups in total. The number of hydrogen-bond acceptors (Lipinski definition) is 3. The first-order valence-corrected chi connectivity index (χ1v) is 8.44. The highest BCUT2D eigenvalue weighted by Gasteiger charge is 2.30. The molecule has 18 heavy (non-hydrogen) atoms. The van der Waals surface area contributed by atoms with Crippen molar-refractivity contribution < 1.29 is 8.42 Å². The van der Waals surface area contributed by atoms with Gasteiger partial charge in [-0.1, -0.05) is 20.8 Å². The number of nitrogens with one attached hydrogen (secondary N) is 1. The minimum Gasteiger partial charge on any atom is -0.315 e. The lowest BCUT2D eigenvalue weighted by atomic mass is 10.0. The van der Waals surface area contributed by atoms with Crippen molar-refractivity contribution in [2.45, 2.75) is 65.5 Å². The highest BCUT2D eigenvalue weighted by atomic mass is 32.2. The van der Waals surface area contributed by atoms with E-state index in [4.69, 9.17) is 0 Å². The molecular formula is C13H30N2O2S. The van der Waals surface area contributed by atoms with Crippen LogP contribution in [0.1, 0.15) is 53.9 Å². The molecule has 0 atom stereocenters. The largest absolute Gasteiger partial charge is 0.315 e. The Bertz CT molecular complexity index is 324. The fourth-order valence-corrected chi connectivity index (χ4v) is 3.26. The molecule has 0 aromatic heterocycles. The molecule has 0 aromatic rings. The van der Waals surface area contributed by atoms with E-state index in [0.29, 0.717) is 12.5 Å². The normalized spacial score (nSPS) is 13.6. The van der Waals surface area contributed by atoms with E-state index in [1.165, 1.54) is 4.31 Å². The Labute approximate surface area is 113 Å². The molecule has 0 unspecified atom stereocenters. The monoisotopic (exact) mass is 278 g/mol. The molecule has 0 heterocycles. The van der Waals surface area contributed by atoms with Gasteiger partial charge in [0.25, 0.3) is 0 Å². The fourth-order valence-electron chi connectivity index (χ4n) is 1.54. The average Bonchev–Trinajstić information content (AvgIpc) is 2.27. The molecule has 0 amide bonds. The quantitative estimate of drug-likeness (QED) is 0.658. The second-order valence-corrected chi connectivity index (χ2v) is 7.89. The van der Waals surface area contributed by atoms with Gasteiger partial charge < -0.3 is 5.32 Å². The number of unbranched alkanes of at least 4 members (excludes halogenated alkanes) is 1. The van der Waals surface area contributed by atoms with E-state index in [-0.39, 0.29) is 11.3 Å². The minimum atomic E-state index is -3.13. The average molecular weight is 278 g/mol. The van der Waals surface area contributed by atoms with Gasteiger partial charge in [0, 0.05) is 18.6 Å². The topological polar surface area (TPSA) is 49.4 Å². The maximum absolute atomic E-state index is 12.1. The van der Waals surface area contributed by atoms with Gasteiger partial charge in [0.15, 0.2) is 0 Å². The van der Waals surface area contributed by atoms with Crippen molar-refractivity contribution in [1.82, 2.24) is 9.62 Å². The third-order valence-corrected chi connectivity index (χ3v) is 5.65. The second-order valence-electron chi connectivity index (χ2n) is 5.77. The van der Waals surface area contributed by atoms with Gasteiger partial charge in [-0.25, -0.2) is 8.42 Å². The van der Waals surface area contributed by atoms with E-state index < -0.39 is 10.0 Å². The van der Waals surface area contributed by atoms with Crippen LogP contribution in [0.2, 0.25) is 0 Å². The first-order valence-electron chi connectivity index (χ1n) is 6.83. The zero-order valence-corrected chi connectivity index (χ0v) is 13.6. The highest BCUT2D eigenvalue weighted by Crippen LogP contribution is 2.20. The molecule has 0 fully saturated rings. The molecule has 5 heteroatoms. The number of nitrogens with zero attached hydrogens (tertiary/aromatic N) is 1. The first-order chi connectivity index (χ1) is 8.13. The summed E-state index contributed by atoms with van der Waals surface area (Å²) in [6.45, 7) is 11.0. The van der Waals surface area contributed by atoms with E-state index >= 15 is 0 Å². The van der Waals surface area contributed by atoms with Crippen LogP contribution >= 0.6 is 0 Å². The molecule has 0 radical (unpaired) electrons. The molecule has 4 nitrogen and oxygen atoms in total. The Hall–Kier alpha value is -0.130. The van der Waals surface area contributed by atoms with E-state index in [2.05, 4.69) is 19.2 Å². The van der Waals surface area contributed by atoms with Gasteiger partial charge in [0.05, 0.1) is 5.75 Å². The van der Waals surface area contributed by atoms with Gasteiger partial charge >= 0.3 is 0 Å². The summed E-state index contributed by atoms with van der Waals surface area (Å²) in [5, 5.41) is 3.29. The number of hydrogen-bond donors (Lipinski definition) is 1. The molecule has 0 aliphatic heterocycles. The van der Waals surface area contributed by atoms with Gasteiger partial charge in [0.1, 0.15) is 0 Å². The van der Waals surface area contributed by atoms with Crippen LogP contribution in [-0.4, -0.2) is 43.6 Å². The van der Waals surface area contributed by atoms with E-state index in [1.54, 1.807) is 7.05 Å². The Morgan fingerprint density at radius 3 is 2.22 bits per heavy atom. The molecule has 0 saturated carbocycles. The van der Waals surface area contributed by atoms with E-state index in [0.717, 1.165) is 19.4 Å². The van der Waals surface area contributed by atoms with Gasteiger partial charge in [-0.15, -0.1) is 0 Å². The van der Waals surface area contributed by atoms with Gasteiger partial charge in [-0.3, -0.25) is 0 Å². The van der Waals surface area contributed by atoms with Gasteiger partial charge in [0.2, 0.25) is 10.0 Å². The Morgan fingerprint density at radius 1 is 1.22 bits per heavy atom. The molecular weight excluding hydrogens is 248 g/mol. The van der Waals surface area contributed by atoms with Gasteiger partial charge in [-0.05, 0) is 39.7 Å². The molecule has 0 aliphatic rings. The van der Waals surface area contributed by atoms with Crippen LogP contribution in [0.15, 0.2) is 0 Å². The SMILES string of the molecule is CCC(C)(C)N(C)S(=O)(=O)CCCCNC(C)C. The molecule has 0 aliphatic carbocycles. The number of sulfonamides is 1. The second kappa shape index (κ2) is 7.46. The first kappa shape index (κ1) is 17.9. The summed E-state index contributed by atoms with van der Waals surface area (Å²) in [7, 11) is -1.44. The maximum atomic E-state index is 12.1. The van der Waals surface area contributed by atoms with Crippen molar-refractivity contribution in [3.05, 3.63) is 0 Å². The molecule has 0 spiro atoms. The molecule has 0 bridgehead atoms. The minimum absolute atomic E-state index is 0.243. The van der Waals surface area contributed by atoms with E-state index in [9.17, 15) is 8.42 Å². The summed E-state index contributed by atoms with van der Waals surface area (Å²) in [4.78, 5) is 0. The standard InChI is InChI=1S/C13H30N2O2S/c1-7-13(4,5)15(6)18(16,17)11-9-8-10-14-12(2)3/h12,14H,7-11H2,1-6H3. The zero-order valence-electron chi connectivity index (χ0n) is 12.8. The van der Waals surface area contributed by atoms with Crippen molar-refractivity contribution in [2.75, 3.05) is 19.3 Å². The van der Waals surface area contributed by atoms with Gasteiger partial charge in [-0.2, -0.15) is 4.31 Å². The number of rotatable bonds is 9. The lowest BCUT2D eigenvalue weighted by Gasteiger charge is -2.33. The fraction of sp³-hybridized carbons (Fsp3) is 1.00. The van der Waals surface area contributed by atoms with Crippen LogP contribution in [0.4, 0.5) is 0 Å². The van der Waals surface area contributed by atoms with Crippen LogP contribution in [0.25, 0.3) is 0 Å². The van der Waals surface area contributed by atoms with Crippen molar-refractivity contribution in [3.8, 4) is 0 Å². The molecule has 0 rings (SSSR count). The Kier molecular flexibility index (Phi) is 7.40. The summed E-state index contributed by atoms with van der Waals surface area (Å²) < 4.78 is 25.8. The summed E-state index contributed by atoms with van der Waals surface area (Å²) in [5.41, 5.74) is -0.297. The van der Waals surface area contributed by atoms with Crippen molar-refractivity contribution in [3.63, 3.8) is 0 Å². The third kappa shape index (κ3) is 6.16. The maximum Gasteiger partial charge on any atom is 0.214 e. The Morgan fingerprint density at radius 2 is 1.78 bits per heavy atom.